The van der Waals surface area contributed by atoms with Crippen molar-refractivity contribution in [1.82, 2.24) is 4.90 Å². The van der Waals surface area contributed by atoms with Crippen LogP contribution in [-0.4, -0.2) is 63.9 Å². The lowest BCUT2D eigenvalue weighted by Gasteiger charge is -2.26. The molecule has 0 aliphatic carbocycles. The van der Waals surface area contributed by atoms with Crippen LogP contribution < -0.4 is 0 Å². The van der Waals surface area contributed by atoms with Crippen LogP contribution in [0.3, 0.4) is 0 Å². The molecule has 0 aromatic heterocycles. The van der Waals surface area contributed by atoms with Crippen LogP contribution in [0.1, 0.15) is 13.3 Å². The van der Waals surface area contributed by atoms with Crippen LogP contribution in [0.25, 0.3) is 0 Å². The topological polar surface area (TPSA) is 65.1 Å². The van der Waals surface area contributed by atoms with E-state index in [1.54, 1.807) is 12.0 Å². The Balaban J connectivity index is 4.36. The molecule has 0 radical (unpaired) electrons. The van der Waals surface area contributed by atoms with Crippen molar-refractivity contribution in [3.05, 3.63) is 0 Å². The zero-order valence-electron chi connectivity index (χ0n) is 10.9. The fourth-order valence-corrected chi connectivity index (χ4v) is 1.30. The quantitative estimate of drug-likeness (QED) is 0.565. The number of esters is 2. The molecule has 6 heteroatoms. The SMILES string of the molecule is COCCC(C)N(CC(=O)OC)CC(=O)OC. The van der Waals surface area contributed by atoms with Gasteiger partial charge in [0.25, 0.3) is 0 Å². The Morgan fingerprint density at radius 3 is 1.88 bits per heavy atom. The van der Waals surface area contributed by atoms with Crippen molar-refractivity contribution >= 4 is 11.9 Å². The van der Waals surface area contributed by atoms with Gasteiger partial charge in [0.2, 0.25) is 0 Å². The fraction of sp³-hybridized carbons (Fsp3) is 0.818. The molecule has 0 aliphatic heterocycles. The normalized spacial score (nSPS) is 12.3. The lowest BCUT2D eigenvalue weighted by atomic mass is 10.2. The van der Waals surface area contributed by atoms with Crippen molar-refractivity contribution in [3.8, 4) is 0 Å². The number of hydrogen-bond acceptors (Lipinski definition) is 6. The number of rotatable bonds is 8. The summed E-state index contributed by atoms with van der Waals surface area (Å²) in [5.41, 5.74) is 0. The number of ether oxygens (including phenoxy) is 3. The molecule has 0 bridgehead atoms. The molecule has 17 heavy (non-hydrogen) atoms. The van der Waals surface area contributed by atoms with E-state index in [9.17, 15) is 9.59 Å². The minimum Gasteiger partial charge on any atom is -0.468 e. The smallest absolute Gasteiger partial charge is 0.319 e. The van der Waals surface area contributed by atoms with E-state index in [-0.39, 0.29) is 31.1 Å². The number of hydrogen-bond donors (Lipinski definition) is 0. The summed E-state index contributed by atoms with van der Waals surface area (Å²) in [7, 11) is 4.24. The Kier molecular flexibility index (Phi) is 8.35. The summed E-state index contributed by atoms with van der Waals surface area (Å²) >= 11 is 0. The average molecular weight is 247 g/mol. The van der Waals surface area contributed by atoms with Gasteiger partial charge in [-0.05, 0) is 13.3 Å². The summed E-state index contributed by atoms with van der Waals surface area (Å²) in [6, 6.07) is 0.0353. The van der Waals surface area contributed by atoms with Crippen molar-refractivity contribution in [1.29, 1.82) is 0 Å². The first kappa shape index (κ1) is 15.9. The third-order valence-corrected chi connectivity index (χ3v) is 2.48. The van der Waals surface area contributed by atoms with Crippen LogP contribution in [0.4, 0.5) is 0 Å². The van der Waals surface area contributed by atoms with E-state index in [2.05, 4.69) is 9.47 Å². The number of methoxy groups -OCH3 is 3. The number of carbonyl (C=O) groups excluding carboxylic acids is 2. The predicted molar refractivity (Wildman–Crippen MR) is 61.6 cm³/mol. The van der Waals surface area contributed by atoms with Gasteiger partial charge >= 0.3 is 11.9 Å². The maximum Gasteiger partial charge on any atom is 0.319 e. The highest BCUT2D eigenvalue weighted by Gasteiger charge is 2.20. The van der Waals surface area contributed by atoms with E-state index in [0.717, 1.165) is 6.42 Å². The lowest BCUT2D eigenvalue weighted by Crippen LogP contribution is -2.42. The molecule has 0 saturated carbocycles. The molecule has 0 aromatic carbocycles. The molecule has 0 heterocycles. The van der Waals surface area contributed by atoms with Gasteiger partial charge in [-0.15, -0.1) is 0 Å². The van der Waals surface area contributed by atoms with Crippen molar-refractivity contribution < 1.29 is 23.8 Å². The number of carbonyl (C=O) groups is 2. The Labute approximate surface area is 102 Å². The van der Waals surface area contributed by atoms with Crippen molar-refractivity contribution in [2.45, 2.75) is 19.4 Å². The van der Waals surface area contributed by atoms with Gasteiger partial charge in [0.05, 0.1) is 27.3 Å². The third kappa shape index (κ3) is 6.91. The second-order valence-corrected chi connectivity index (χ2v) is 3.69. The molecule has 0 N–H and O–H groups in total. The van der Waals surface area contributed by atoms with E-state index >= 15 is 0 Å². The van der Waals surface area contributed by atoms with Gasteiger partial charge in [-0.1, -0.05) is 0 Å². The zero-order valence-corrected chi connectivity index (χ0v) is 10.9. The van der Waals surface area contributed by atoms with E-state index in [4.69, 9.17) is 4.74 Å². The summed E-state index contributed by atoms with van der Waals surface area (Å²) in [5.74, 6) is -0.753. The monoisotopic (exact) mass is 247 g/mol. The second-order valence-electron chi connectivity index (χ2n) is 3.69. The van der Waals surface area contributed by atoms with Crippen molar-refractivity contribution in [3.63, 3.8) is 0 Å². The van der Waals surface area contributed by atoms with E-state index in [1.165, 1.54) is 14.2 Å². The molecule has 0 saturated heterocycles. The standard InChI is InChI=1S/C11H21NO5/c1-9(5-6-15-2)12(7-10(13)16-3)8-11(14)17-4/h9H,5-8H2,1-4H3. The van der Waals surface area contributed by atoms with Gasteiger partial charge in [-0.25, -0.2) is 0 Å². The molecule has 1 atom stereocenters. The van der Waals surface area contributed by atoms with Crippen molar-refractivity contribution in [2.24, 2.45) is 0 Å². The van der Waals surface area contributed by atoms with Crippen LogP contribution in [-0.2, 0) is 23.8 Å². The van der Waals surface area contributed by atoms with Gasteiger partial charge < -0.3 is 14.2 Å². The Morgan fingerprint density at radius 2 is 1.53 bits per heavy atom. The molecule has 0 rings (SSSR count). The van der Waals surface area contributed by atoms with E-state index < -0.39 is 0 Å². The fourth-order valence-electron chi connectivity index (χ4n) is 1.30. The van der Waals surface area contributed by atoms with Gasteiger partial charge in [-0.3, -0.25) is 14.5 Å². The Hall–Kier alpha value is -1.14. The zero-order chi connectivity index (χ0) is 13.3. The van der Waals surface area contributed by atoms with Gasteiger partial charge in [-0.2, -0.15) is 0 Å². The van der Waals surface area contributed by atoms with Crippen LogP contribution in [0, 0.1) is 0 Å². The first-order valence-electron chi connectivity index (χ1n) is 5.41. The molecule has 0 aromatic rings. The molecular weight excluding hydrogens is 226 g/mol. The molecule has 0 aliphatic rings. The second kappa shape index (κ2) is 8.95. The third-order valence-electron chi connectivity index (χ3n) is 2.48. The average Bonchev–Trinajstić information content (AvgIpc) is 2.34. The first-order valence-corrected chi connectivity index (χ1v) is 5.41. The highest BCUT2D eigenvalue weighted by molar-refractivity contribution is 5.74. The van der Waals surface area contributed by atoms with Gasteiger partial charge in [0, 0.05) is 19.8 Å². The summed E-state index contributed by atoms with van der Waals surface area (Å²) in [6.45, 7) is 2.62. The number of nitrogens with zero attached hydrogens (tertiary/aromatic N) is 1. The lowest BCUT2D eigenvalue weighted by molar-refractivity contribution is -0.146. The largest absolute Gasteiger partial charge is 0.468 e. The van der Waals surface area contributed by atoms with Crippen LogP contribution in [0.15, 0.2) is 0 Å². The molecule has 1 unspecified atom stereocenters. The Morgan fingerprint density at radius 1 is 1.06 bits per heavy atom. The molecule has 0 amide bonds. The molecule has 0 fully saturated rings. The van der Waals surface area contributed by atoms with Crippen LogP contribution in [0.2, 0.25) is 0 Å². The van der Waals surface area contributed by atoms with Gasteiger partial charge in [0.15, 0.2) is 0 Å². The highest BCUT2D eigenvalue weighted by Crippen LogP contribution is 2.04. The highest BCUT2D eigenvalue weighted by atomic mass is 16.5. The summed E-state index contributed by atoms with van der Waals surface area (Å²) in [6.07, 6.45) is 0.727. The molecule has 6 nitrogen and oxygen atoms in total. The summed E-state index contributed by atoms with van der Waals surface area (Å²) in [5, 5.41) is 0. The Bertz CT molecular complexity index is 226. The van der Waals surface area contributed by atoms with Gasteiger partial charge in [0.1, 0.15) is 0 Å². The summed E-state index contributed by atoms with van der Waals surface area (Å²) < 4.78 is 14.1. The minimum atomic E-state index is -0.377. The van der Waals surface area contributed by atoms with Crippen LogP contribution >= 0.6 is 0 Å². The molecular formula is C11H21NO5. The van der Waals surface area contributed by atoms with E-state index in [0.29, 0.717) is 6.61 Å². The van der Waals surface area contributed by atoms with E-state index in [1.807, 2.05) is 6.92 Å². The van der Waals surface area contributed by atoms with Crippen molar-refractivity contribution in [2.75, 3.05) is 41.0 Å². The molecule has 0 spiro atoms. The maximum atomic E-state index is 11.2. The first-order chi connectivity index (χ1) is 8.04. The predicted octanol–water partition coefficient (Wildman–Crippen LogP) is 0.0594. The van der Waals surface area contributed by atoms with Crippen LogP contribution in [0.5, 0.6) is 0 Å². The minimum absolute atomic E-state index is 0.0353. The molecule has 100 valence electrons. The maximum absolute atomic E-state index is 11.2. The summed E-state index contributed by atoms with van der Waals surface area (Å²) in [4.78, 5) is 24.2.